The summed E-state index contributed by atoms with van der Waals surface area (Å²) in [6.07, 6.45) is 3.93. The highest BCUT2D eigenvalue weighted by Gasteiger charge is 2.18. The molecule has 0 bridgehead atoms. The van der Waals surface area contributed by atoms with E-state index < -0.39 is 0 Å². The maximum Gasteiger partial charge on any atom is 0.137 e. The van der Waals surface area contributed by atoms with Crippen LogP contribution in [0.4, 0.5) is 0 Å². The molecule has 3 aromatic rings. The van der Waals surface area contributed by atoms with Crippen molar-refractivity contribution in [2.45, 2.75) is 6.54 Å². The molecule has 1 N–H and O–H groups in total. The van der Waals surface area contributed by atoms with E-state index in [0.29, 0.717) is 0 Å². The van der Waals surface area contributed by atoms with Gasteiger partial charge in [0.05, 0.1) is 0 Å². The molecule has 0 amide bonds. The molecule has 5 heteroatoms. The number of hydrogen-bond acceptors (Lipinski definition) is 4. The number of aromatic nitrogens is 2. The zero-order valence-corrected chi connectivity index (χ0v) is 14.4. The maximum atomic E-state index is 5.80. The highest BCUT2D eigenvalue weighted by atomic mass is 16.5. The van der Waals surface area contributed by atoms with Gasteiger partial charge in [0.15, 0.2) is 0 Å². The van der Waals surface area contributed by atoms with Crippen LogP contribution in [-0.2, 0) is 6.54 Å². The average Bonchev–Trinajstić information content (AvgIpc) is 3.07. The molecular formula is C20H24N4O. The molecule has 2 aromatic heterocycles. The van der Waals surface area contributed by atoms with Crippen LogP contribution < -0.4 is 4.74 Å². The van der Waals surface area contributed by atoms with E-state index in [4.69, 9.17) is 4.74 Å². The molecule has 0 atom stereocenters. The van der Waals surface area contributed by atoms with E-state index in [0.717, 1.165) is 57.3 Å². The maximum absolute atomic E-state index is 5.80. The lowest BCUT2D eigenvalue weighted by atomic mass is 10.2. The van der Waals surface area contributed by atoms with Gasteiger partial charge in [-0.2, -0.15) is 0 Å². The Morgan fingerprint density at radius 3 is 2.60 bits per heavy atom. The smallest absolute Gasteiger partial charge is 0.137 e. The number of benzene rings is 1. The molecule has 0 unspecified atom stereocenters. The number of pyridine rings is 1. The van der Waals surface area contributed by atoms with Crippen molar-refractivity contribution in [2.24, 2.45) is 0 Å². The number of aromatic amines is 1. The van der Waals surface area contributed by atoms with Gasteiger partial charge in [-0.25, -0.2) is 4.98 Å². The number of nitrogens with one attached hydrogen (secondary N) is 1. The number of ether oxygens (including phenoxy) is 1. The third kappa shape index (κ3) is 4.00. The molecule has 0 saturated carbocycles. The van der Waals surface area contributed by atoms with Gasteiger partial charge in [0.1, 0.15) is 18.0 Å². The fourth-order valence-corrected chi connectivity index (χ4v) is 3.36. The van der Waals surface area contributed by atoms with Crippen molar-refractivity contribution in [2.75, 3.05) is 39.3 Å². The molecule has 25 heavy (non-hydrogen) atoms. The Hall–Kier alpha value is -2.37. The second kappa shape index (κ2) is 7.68. The zero-order chi connectivity index (χ0) is 16.9. The van der Waals surface area contributed by atoms with Crippen LogP contribution in [0.15, 0.2) is 54.9 Å². The molecular weight excluding hydrogens is 312 g/mol. The summed E-state index contributed by atoms with van der Waals surface area (Å²) in [5.41, 5.74) is 2.32. The number of fused-ring (bicyclic) bond motifs is 1. The summed E-state index contributed by atoms with van der Waals surface area (Å²) >= 11 is 0. The minimum Gasteiger partial charge on any atom is -0.492 e. The van der Waals surface area contributed by atoms with E-state index in [2.05, 4.69) is 32.0 Å². The highest BCUT2D eigenvalue weighted by Crippen LogP contribution is 2.18. The lowest BCUT2D eigenvalue weighted by molar-refractivity contribution is 0.113. The summed E-state index contributed by atoms with van der Waals surface area (Å²) in [4.78, 5) is 12.6. The van der Waals surface area contributed by atoms with Crippen molar-refractivity contribution in [3.63, 3.8) is 0 Å². The van der Waals surface area contributed by atoms with Gasteiger partial charge in [-0.1, -0.05) is 18.2 Å². The molecule has 1 aromatic carbocycles. The van der Waals surface area contributed by atoms with E-state index in [9.17, 15) is 0 Å². The summed E-state index contributed by atoms with van der Waals surface area (Å²) in [6, 6.07) is 14.2. The first-order chi connectivity index (χ1) is 12.4. The Morgan fingerprint density at radius 1 is 0.960 bits per heavy atom. The summed E-state index contributed by atoms with van der Waals surface area (Å²) in [6.45, 7) is 7.10. The predicted octanol–water partition coefficient (Wildman–Crippen LogP) is 2.76. The molecule has 5 nitrogen and oxygen atoms in total. The van der Waals surface area contributed by atoms with Gasteiger partial charge in [-0.15, -0.1) is 0 Å². The van der Waals surface area contributed by atoms with Crippen LogP contribution in [0.2, 0.25) is 0 Å². The molecule has 1 saturated heterocycles. The Morgan fingerprint density at radius 2 is 1.76 bits per heavy atom. The average molecular weight is 336 g/mol. The Balaban J connectivity index is 1.23. The SMILES string of the molecule is c1ccc(OCCN2CCN(Cc3c[nH]c4ncccc34)CC2)cc1. The molecule has 1 aliphatic heterocycles. The minimum atomic E-state index is 0.748. The molecule has 130 valence electrons. The van der Waals surface area contributed by atoms with Crippen molar-refractivity contribution in [1.82, 2.24) is 19.8 Å². The van der Waals surface area contributed by atoms with E-state index in [1.807, 2.05) is 42.6 Å². The lowest BCUT2D eigenvalue weighted by Crippen LogP contribution is -2.46. The van der Waals surface area contributed by atoms with E-state index in [1.165, 1.54) is 10.9 Å². The van der Waals surface area contributed by atoms with Gasteiger partial charge in [0.2, 0.25) is 0 Å². The normalized spacial score (nSPS) is 16.3. The first-order valence-corrected chi connectivity index (χ1v) is 8.92. The number of piperazine rings is 1. The van der Waals surface area contributed by atoms with E-state index in [1.54, 1.807) is 0 Å². The molecule has 0 spiro atoms. The standard InChI is InChI=1S/C20H24N4O/c1-2-5-18(6-3-1)25-14-13-23-9-11-24(12-10-23)16-17-15-22-20-19(17)7-4-8-21-20/h1-8,15H,9-14,16H2,(H,21,22). The Bertz CT molecular complexity index is 794. The second-order valence-corrected chi connectivity index (χ2v) is 6.49. The van der Waals surface area contributed by atoms with Crippen LogP contribution in [0.25, 0.3) is 11.0 Å². The van der Waals surface area contributed by atoms with Crippen molar-refractivity contribution in [1.29, 1.82) is 0 Å². The molecule has 0 aliphatic carbocycles. The number of hydrogen-bond donors (Lipinski definition) is 1. The van der Waals surface area contributed by atoms with Gasteiger partial charge in [0.25, 0.3) is 0 Å². The minimum absolute atomic E-state index is 0.748. The Kier molecular flexibility index (Phi) is 4.95. The molecule has 1 aliphatic rings. The first-order valence-electron chi connectivity index (χ1n) is 8.92. The van der Waals surface area contributed by atoms with Crippen molar-refractivity contribution < 1.29 is 4.74 Å². The lowest BCUT2D eigenvalue weighted by Gasteiger charge is -2.34. The van der Waals surface area contributed by atoms with Crippen LogP contribution in [0.5, 0.6) is 5.75 Å². The molecule has 4 rings (SSSR count). The van der Waals surface area contributed by atoms with Gasteiger partial charge in [0, 0.05) is 57.0 Å². The number of rotatable bonds is 6. The van der Waals surface area contributed by atoms with Crippen molar-refractivity contribution in [3.8, 4) is 5.75 Å². The molecule has 1 fully saturated rings. The van der Waals surface area contributed by atoms with Crippen LogP contribution in [0.1, 0.15) is 5.56 Å². The third-order valence-corrected chi connectivity index (χ3v) is 4.82. The van der Waals surface area contributed by atoms with Crippen LogP contribution in [0, 0.1) is 0 Å². The third-order valence-electron chi connectivity index (χ3n) is 4.82. The summed E-state index contributed by atoms with van der Waals surface area (Å²) in [5, 5.41) is 1.24. The van der Waals surface area contributed by atoms with Crippen LogP contribution in [0.3, 0.4) is 0 Å². The fourth-order valence-electron chi connectivity index (χ4n) is 3.36. The summed E-state index contributed by atoms with van der Waals surface area (Å²) < 4.78 is 5.80. The number of H-pyrrole nitrogens is 1. The van der Waals surface area contributed by atoms with Gasteiger partial charge in [-0.05, 0) is 29.8 Å². The zero-order valence-electron chi connectivity index (χ0n) is 14.4. The summed E-state index contributed by atoms with van der Waals surface area (Å²) in [7, 11) is 0. The van der Waals surface area contributed by atoms with Gasteiger partial charge < -0.3 is 9.72 Å². The monoisotopic (exact) mass is 336 g/mol. The molecule has 3 heterocycles. The van der Waals surface area contributed by atoms with Crippen molar-refractivity contribution in [3.05, 3.63) is 60.4 Å². The topological polar surface area (TPSA) is 44.4 Å². The van der Waals surface area contributed by atoms with Crippen LogP contribution in [-0.4, -0.2) is 59.1 Å². The van der Waals surface area contributed by atoms with Crippen LogP contribution >= 0.6 is 0 Å². The second-order valence-electron chi connectivity index (χ2n) is 6.49. The van der Waals surface area contributed by atoms with Gasteiger partial charge >= 0.3 is 0 Å². The number of nitrogens with zero attached hydrogens (tertiary/aromatic N) is 3. The highest BCUT2D eigenvalue weighted by molar-refractivity contribution is 5.79. The predicted molar refractivity (Wildman–Crippen MR) is 99.7 cm³/mol. The largest absolute Gasteiger partial charge is 0.492 e. The number of para-hydroxylation sites is 1. The quantitative estimate of drug-likeness (QED) is 0.752. The first kappa shape index (κ1) is 16.1. The van der Waals surface area contributed by atoms with Gasteiger partial charge in [-0.3, -0.25) is 9.80 Å². The van der Waals surface area contributed by atoms with Crippen molar-refractivity contribution >= 4 is 11.0 Å². The Labute approximate surface area is 148 Å². The fraction of sp³-hybridized carbons (Fsp3) is 0.350. The van der Waals surface area contributed by atoms with E-state index >= 15 is 0 Å². The van der Waals surface area contributed by atoms with E-state index in [-0.39, 0.29) is 0 Å². The molecule has 0 radical (unpaired) electrons. The summed E-state index contributed by atoms with van der Waals surface area (Å²) in [5.74, 6) is 0.953.